The first-order chi connectivity index (χ1) is 9.84. The summed E-state index contributed by atoms with van der Waals surface area (Å²) in [6.45, 7) is 2.11. The van der Waals surface area contributed by atoms with Crippen molar-refractivity contribution in [3.05, 3.63) is 72.6 Å². The van der Waals surface area contributed by atoms with Crippen LogP contribution in [0.25, 0.3) is 27.5 Å². The second-order valence-electron chi connectivity index (χ2n) is 5.08. The Labute approximate surface area is 117 Å². The van der Waals surface area contributed by atoms with Gasteiger partial charge in [0.05, 0.1) is 11.0 Å². The van der Waals surface area contributed by atoms with Gasteiger partial charge in [0, 0.05) is 28.9 Å². The summed E-state index contributed by atoms with van der Waals surface area (Å²) in [5, 5.41) is 2.44. The molecule has 4 rings (SSSR count). The monoisotopic (exact) mass is 258 g/mol. The summed E-state index contributed by atoms with van der Waals surface area (Å²) >= 11 is 0. The molecule has 0 aliphatic rings. The lowest BCUT2D eigenvalue weighted by atomic mass is 10.2. The smallest absolute Gasteiger partial charge is 0.0571 e. The third kappa shape index (κ3) is 1.55. The van der Waals surface area contributed by atoms with Crippen molar-refractivity contribution in [2.75, 3.05) is 0 Å². The maximum atomic E-state index is 4.27. The Morgan fingerprint density at radius 1 is 0.800 bits per heavy atom. The molecule has 0 saturated carbocycles. The molecule has 0 unspecified atom stereocenters. The molecule has 2 nitrogen and oxygen atoms in total. The Balaban J connectivity index is 2.17. The summed E-state index contributed by atoms with van der Waals surface area (Å²) in [6, 6.07) is 19.2. The summed E-state index contributed by atoms with van der Waals surface area (Å²) in [5.41, 5.74) is 4.88. The van der Waals surface area contributed by atoms with E-state index in [-0.39, 0.29) is 0 Å². The maximum Gasteiger partial charge on any atom is 0.0571 e. The molecule has 0 aliphatic heterocycles. The second-order valence-corrected chi connectivity index (χ2v) is 5.08. The highest BCUT2D eigenvalue weighted by Crippen LogP contribution is 2.30. The zero-order valence-corrected chi connectivity index (χ0v) is 11.2. The molecule has 2 heteroatoms. The Kier molecular flexibility index (Phi) is 2.36. The van der Waals surface area contributed by atoms with E-state index in [1.165, 1.54) is 33.1 Å². The van der Waals surface area contributed by atoms with Gasteiger partial charge in [0.2, 0.25) is 0 Å². The highest BCUT2D eigenvalue weighted by molar-refractivity contribution is 6.08. The highest BCUT2D eigenvalue weighted by atomic mass is 15.0. The van der Waals surface area contributed by atoms with Crippen LogP contribution in [0.5, 0.6) is 0 Å². The number of rotatable bonds is 1. The average molecular weight is 258 g/mol. The van der Waals surface area contributed by atoms with Gasteiger partial charge in [-0.25, -0.2) is 0 Å². The van der Waals surface area contributed by atoms with Crippen LogP contribution in [-0.4, -0.2) is 9.55 Å². The quantitative estimate of drug-likeness (QED) is 0.492. The molecule has 0 spiro atoms. The van der Waals surface area contributed by atoms with Gasteiger partial charge in [-0.15, -0.1) is 0 Å². The summed E-state index contributed by atoms with van der Waals surface area (Å²) in [5.74, 6) is 0. The van der Waals surface area contributed by atoms with E-state index in [2.05, 4.69) is 71.1 Å². The molecule has 0 amide bonds. The average Bonchev–Trinajstić information content (AvgIpc) is 2.83. The van der Waals surface area contributed by atoms with Crippen molar-refractivity contribution in [1.29, 1.82) is 0 Å². The van der Waals surface area contributed by atoms with E-state index in [9.17, 15) is 0 Å². The summed E-state index contributed by atoms with van der Waals surface area (Å²) in [6.07, 6.45) is 3.80. The zero-order valence-electron chi connectivity index (χ0n) is 11.2. The molecular formula is C18H14N2. The molecular weight excluding hydrogens is 244 g/mol. The van der Waals surface area contributed by atoms with E-state index in [1.807, 2.05) is 12.4 Å². The first-order valence-electron chi connectivity index (χ1n) is 6.75. The molecule has 2 heterocycles. The van der Waals surface area contributed by atoms with Crippen LogP contribution in [0.4, 0.5) is 0 Å². The van der Waals surface area contributed by atoms with E-state index >= 15 is 0 Å². The number of aryl methyl sites for hydroxylation is 1. The van der Waals surface area contributed by atoms with Crippen molar-refractivity contribution < 1.29 is 0 Å². The lowest BCUT2D eigenvalue weighted by Gasteiger charge is -2.07. The van der Waals surface area contributed by atoms with Crippen LogP contribution in [-0.2, 0) is 0 Å². The molecule has 20 heavy (non-hydrogen) atoms. The summed E-state index contributed by atoms with van der Waals surface area (Å²) in [7, 11) is 0. The maximum absolute atomic E-state index is 4.27. The normalized spacial score (nSPS) is 11.2. The van der Waals surface area contributed by atoms with E-state index in [1.54, 1.807) is 0 Å². The minimum absolute atomic E-state index is 1.19. The minimum Gasteiger partial charge on any atom is -0.309 e. The molecule has 0 saturated heterocycles. The Morgan fingerprint density at radius 2 is 1.55 bits per heavy atom. The minimum atomic E-state index is 1.19. The number of fused-ring (bicyclic) bond motifs is 3. The van der Waals surface area contributed by atoms with Gasteiger partial charge in [0.25, 0.3) is 0 Å². The van der Waals surface area contributed by atoms with E-state index in [0.29, 0.717) is 0 Å². The molecule has 2 aromatic heterocycles. The van der Waals surface area contributed by atoms with Crippen molar-refractivity contribution in [3.8, 4) is 5.69 Å². The third-order valence-electron chi connectivity index (χ3n) is 3.77. The Bertz CT molecular complexity index is 848. The predicted molar refractivity (Wildman–Crippen MR) is 83.3 cm³/mol. The number of hydrogen-bond acceptors (Lipinski definition) is 1. The van der Waals surface area contributed by atoms with Gasteiger partial charge in [-0.05, 0) is 31.2 Å². The zero-order chi connectivity index (χ0) is 13.5. The number of para-hydroxylation sites is 1. The molecule has 0 bridgehead atoms. The lowest BCUT2D eigenvalue weighted by Crippen LogP contribution is -1.93. The SMILES string of the molecule is Cc1ccc(-n2c3ccccc3c3cnccc32)cc1. The first kappa shape index (κ1) is 11.2. The molecule has 4 aromatic rings. The van der Waals surface area contributed by atoms with Crippen LogP contribution in [0.3, 0.4) is 0 Å². The van der Waals surface area contributed by atoms with Gasteiger partial charge in [-0.3, -0.25) is 4.98 Å². The standard InChI is InChI=1S/C18H14N2/c1-13-6-8-14(9-7-13)20-17-5-3-2-4-15(17)16-12-19-11-10-18(16)20/h2-12H,1H3. The van der Waals surface area contributed by atoms with Crippen molar-refractivity contribution in [1.82, 2.24) is 9.55 Å². The number of aromatic nitrogens is 2. The van der Waals surface area contributed by atoms with E-state index in [4.69, 9.17) is 0 Å². The van der Waals surface area contributed by atoms with Gasteiger partial charge >= 0.3 is 0 Å². The molecule has 2 aromatic carbocycles. The molecule has 0 aliphatic carbocycles. The van der Waals surface area contributed by atoms with Gasteiger partial charge in [0.15, 0.2) is 0 Å². The van der Waals surface area contributed by atoms with Crippen LogP contribution >= 0.6 is 0 Å². The summed E-state index contributed by atoms with van der Waals surface area (Å²) in [4.78, 5) is 4.27. The summed E-state index contributed by atoms with van der Waals surface area (Å²) < 4.78 is 2.30. The van der Waals surface area contributed by atoms with Crippen LogP contribution in [0.1, 0.15) is 5.56 Å². The number of hydrogen-bond donors (Lipinski definition) is 0. The number of benzene rings is 2. The van der Waals surface area contributed by atoms with Gasteiger partial charge in [-0.1, -0.05) is 35.9 Å². The largest absolute Gasteiger partial charge is 0.309 e. The first-order valence-corrected chi connectivity index (χ1v) is 6.75. The topological polar surface area (TPSA) is 17.8 Å². The molecule has 0 N–H and O–H groups in total. The fourth-order valence-electron chi connectivity index (χ4n) is 2.79. The van der Waals surface area contributed by atoms with Crippen molar-refractivity contribution >= 4 is 21.8 Å². The van der Waals surface area contributed by atoms with Crippen LogP contribution in [0.15, 0.2) is 67.0 Å². The fraction of sp³-hybridized carbons (Fsp3) is 0.0556. The molecule has 0 radical (unpaired) electrons. The number of pyridine rings is 1. The predicted octanol–water partition coefficient (Wildman–Crippen LogP) is 4.49. The highest BCUT2D eigenvalue weighted by Gasteiger charge is 2.10. The van der Waals surface area contributed by atoms with Gasteiger partial charge in [-0.2, -0.15) is 0 Å². The van der Waals surface area contributed by atoms with Crippen LogP contribution in [0, 0.1) is 6.92 Å². The van der Waals surface area contributed by atoms with Crippen LogP contribution < -0.4 is 0 Å². The van der Waals surface area contributed by atoms with Crippen LogP contribution in [0.2, 0.25) is 0 Å². The number of nitrogens with zero attached hydrogens (tertiary/aromatic N) is 2. The lowest BCUT2D eigenvalue weighted by molar-refractivity contribution is 1.17. The fourth-order valence-corrected chi connectivity index (χ4v) is 2.79. The second kappa shape index (κ2) is 4.20. The van der Waals surface area contributed by atoms with Gasteiger partial charge < -0.3 is 4.57 Å². The van der Waals surface area contributed by atoms with Gasteiger partial charge in [0.1, 0.15) is 0 Å². The van der Waals surface area contributed by atoms with Crippen molar-refractivity contribution in [2.24, 2.45) is 0 Å². The van der Waals surface area contributed by atoms with Crippen molar-refractivity contribution in [3.63, 3.8) is 0 Å². The Hall–Kier alpha value is -2.61. The van der Waals surface area contributed by atoms with E-state index in [0.717, 1.165) is 0 Å². The molecule has 0 fully saturated rings. The molecule has 96 valence electrons. The van der Waals surface area contributed by atoms with Crippen molar-refractivity contribution in [2.45, 2.75) is 6.92 Å². The molecule has 0 atom stereocenters. The van der Waals surface area contributed by atoms with E-state index < -0.39 is 0 Å². The third-order valence-corrected chi connectivity index (χ3v) is 3.77. The Morgan fingerprint density at radius 3 is 2.40 bits per heavy atom.